The minimum atomic E-state index is 0.434. The molecule has 66 valence electrons. The van der Waals surface area contributed by atoms with Crippen molar-refractivity contribution in [2.24, 2.45) is 11.8 Å². The van der Waals surface area contributed by atoms with Gasteiger partial charge in [0.2, 0.25) is 0 Å². The second-order valence-corrected chi connectivity index (χ2v) is 3.60. The largest absolute Gasteiger partial charge is 0.378 e. The Balaban J connectivity index is 2.29. The molecule has 0 saturated carbocycles. The Morgan fingerprint density at radius 1 is 1.64 bits per heavy atom. The first-order valence-corrected chi connectivity index (χ1v) is 4.29. The van der Waals surface area contributed by atoms with Crippen LogP contribution in [-0.4, -0.2) is 30.8 Å². The monoisotopic (exact) mass is 158 g/mol. The molecule has 1 fully saturated rings. The lowest BCUT2D eigenvalue weighted by molar-refractivity contribution is -0.0150. The molecule has 2 N–H and O–H groups in total. The van der Waals surface area contributed by atoms with Gasteiger partial charge in [-0.1, -0.05) is 13.8 Å². The van der Waals surface area contributed by atoms with Gasteiger partial charge in [0.05, 0.1) is 13.2 Å². The van der Waals surface area contributed by atoms with Crippen LogP contribution in [0.15, 0.2) is 0 Å². The van der Waals surface area contributed by atoms with Crippen molar-refractivity contribution < 1.29 is 4.74 Å². The van der Waals surface area contributed by atoms with Gasteiger partial charge in [0, 0.05) is 12.6 Å². The van der Waals surface area contributed by atoms with Crippen molar-refractivity contribution in [2.45, 2.75) is 26.3 Å². The van der Waals surface area contributed by atoms with Crippen molar-refractivity contribution in [1.82, 2.24) is 5.01 Å². The standard InChI is InChI=1S/C8H18N2O/c1-7(2)5-8-6-11-4-3-10(8)9/h7-8H,3-6,9H2,1-2H3. The van der Waals surface area contributed by atoms with Gasteiger partial charge in [-0.15, -0.1) is 0 Å². The summed E-state index contributed by atoms with van der Waals surface area (Å²) >= 11 is 0. The van der Waals surface area contributed by atoms with Gasteiger partial charge in [-0.2, -0.15) is 0 Å². The summed E-state index contributed by atoms with van der Waals surface area (Å²) in [6, 6.07) is 0.434. The molecule has 0 aromatic rings. The van der Waals surface area contributed by atoms with Gasteiger partial charge in [-0.05, 0) is 12.3 Å². The van der Waals surface area contributed by atoms with E-state index < -0.39 is 0 Å². The van der Waals surface area contributed by atoms with Gasteiger partial charge in [-0.25, -0.2) is 5.01 Å². The van der Waals surface area contributed by atoms with E-state index in [4.69, 9.17) is 10.6 Å². The van der Waals surface area contributed by atoms with Crippen molar-refractivity contribution in [3.8, 4) is 0 Å². The molecule has 1 rings (SSSR count). The van der Waals surface area contributed by atoms with Crippen LogP contribution in [0.25, 0.3) is 0 Å². The Morgan fingerprint density at radius 3 is 2.91 bits per heavy atom. The van der Waals surface area contributed by atoms with Crippen LogP contribution in [-0.2, 0) is 4.74 Å². The number of hydrogen-bond donors (Lipinski definition) is 1. The predicted molar refractivity (Wildman–Crippen MR) is 45.0 cm³/mol. The smallest absolute Gasteiger partial charge is 0.0636 e. The van der Waals surface area contributed by atoms with E-state index in [1.54, 1.807) is 0 Å². The number of ether oxygens (including phenoxy) is 1. The molecule has 11 heavy (non-hydrogen) atoms. The number of hydrazine groups is 1. The molecule has 0 spiro atoms. The molecule has 1 heterocycles. The number of morpholine rings is 1. The Kier molecular flexibility index (Phi) is 3.30. The molecular formula is C8H18N2O. The van der Waals surface area contributed by atoms with Gasteiger partial charge >= 0.3 is 0 Å². The molecule has 0 aliphatic carbocycles. The van der Waals surface area contributed by atoms with E-state index in [1.807, 2.05) is 5.01 Å². The molecule has 3 heteroatoms. The van der Waals surface area contributed by atoms with E-state index in [-0.39, 0.29) is 0 Å². The number of hydrogen-bond acceptors (Lipinski definition) is 3. The second-order valence-electron chi connectivity index (χ2n) is 3.60. The summed E-state index contributed by atoms with van der Waals surface area (Å²) < 4.78 is 5.33. The van der Waals surface area contributed by atoms with Crippen LogP contribution in [0.3, 0.4) is 0 Å². The van der Waals surface area contributed by atoms with Gasteiger partial charge < -0.3 is 4.74 Å². The van der Waals surface area contributed by atoms with Crippen molar-refractivity contribution in [2.75, 3.05) is 19.8 Å². The van der Waals surface area contributed by atoms with E-state index in [0.717, 1.165) is 26.2 Å². The zero-order valence-electron chi connectivity index (χ0n) is 7.42. The third kappa shape index (κ3) is 2.77. The number of nitrogens with zero attached hydrogens (tertiary/aromatic N) is 1. The third-order valence-electron chi connectivity index (χ3n) is 2.02. The topological polar surface area (TPSA) is 38.5 Å². The van der Waals surface area contributed by atoms with Gasteiger partial charge in [-0.3, -0.25) is 5.84 Å². The lowest BCUT2D eigenvalue weighted by atomic mass is 10.0. The van der Waals surface area contributed by atoms with E-state index in [0.29, 0.717) is 12.0 Å². The summed E-state index contributed by atoms with van der Waals surface area (Å²) in [5.74, 6) is 6.48. The Bertz CT molecular complexity index is 117. The minimum absolute atomic E-state index is 0.434. The highest BCUT2D eigenvalue weighted by molar-refractivity contribution is 4.71. The zero-order chi connectivity index (χ0) is 8.27. The molecule has 0 aromatic carbocycles. The van der Waals surface area contributed by atoms with Crippen molar-refractivity contribution >= 4 is 0 Å². The van der Waals surface area contributed by atoms with Crippen LogP contribution in [0.5, 0.6) is 0 Å². The van der Waals surface area contributed by atoms with Crippen LogP contribution in [0.4, 0.5) is 0 Å². The molecule has 0 aromatic heterocycles. The average molecular weight is 158 g/mol. The second kappa shape index (κ2) is 4.04. The molecule has 1 unspecified atom stereocenters. The molecule has 1 saturated heterocycles. The maximum Gasteiger partial charge on any atom is 0.0636 e. The van der Waals surface area contributed by atoms with Crippen LogP contribution in [0.2, 0.25) is 0 Å². The Hall–Kier alpha value is -0.120. The first-order valence-electron chi connectivity index (χ1n) is 4.29. The van der Waals surface area contributed by atoms with Crippen LogP contribution >= 0.6 is 0 Å². The summed E-state index contributed by atoms with van der Waals surface area (Å²) in [6.07, 6.45) is 1.14. The summed E-state index contributed by atoms with van der Waals surface area (Å²) in [4.78, 5) is 0. The lowest BCUT2D eigenvalue weighted by Gasteiger charge is -2.32. The van der Waals surface area contributed by atoms with Crippen LogP contribution in [0, 0.1) is 5.92 Å². The molecule has 0 bridgehead atoms. The lowest BCUT2D eigenvalue weighted by Crippen LogP contribution is -2.50. The summed E-state index contributed by atoms with van der Waals surface area (Å²) in [5.41, 5.74) is 0. The maximum absolute atomic E-state index is 5.78. The molecule has 1 aliphatic heterocycles. The van der Waals surface area contributed by atoms with Gasteiger partial charge in [0.1, 0.15) is 0 Å². The molecule has 3 nitrogen and oxygen atoms in total. The molecular weight excluding hydrogens is 140 g/mol. The van der Waals surface area contributed by atoms with E-state index in [1.165, 1.54) is 0 Å². The Labute approximate surface area is 68.5 Å². The van der Waals surface area contributed by atoms with Gasteiger partial charge in [0.15, 0.2) is 0 Å². The summed E-state index contributed by atoms with van der Waals surface area (Å²) in [6.45, 7) is 6.88. The normalized spacial score (nSPS) is 27.8. The highest BCUT2D eigenvalue weighted by Gasteiger charge is 2.20. The van der Waals surface area contributed by atoms with E-state index in [2.05, 4.69) is 13.8 Å². The minimum Gasteiger partial charge on any atom is -0.378 e. The quantitative estimate of drug-likeness (QED) is 0.598. The van der Waals surface area contributed by atoms with E-state index in [9.17, 15) is 0 Å². The van der Waals surface area contributed by atoms with Crippen LogP contribution < -0.4 is 5.84 Å². The first kappa shape index (κ1) is 8.97. The fraction of sp³-hybridized carbons (Fsp3) is 1.00. The van der Waals surface area contributed by atoms with Crippen molar-refractivity contribution in [3.05, 3.63) is 0 Å². The fourth-order valence-corrected chi connectivity index (χ4v) is 1.42. The van der Waals surface area contributed by atoms with Gasteiger partial charge in [0.25, 0.3) is 0 Å². The fourth-order valence-electron chi connectivity index (χ4n) is 1.42. The highest BCUT2D eigenvalue weighted by Crippen LogP contribution is 2.11. The Morgan fingerprint density at radius 2 is 2.36 bits per heavy atom. The summed E-state index contributed by atoms with van der Waals surface area (Å²) in [7, 11) is 0. The predicted octanol–water partition coefficient (Wildman–Crippen LogP) is 0.607. The van der Waals surface area contributed by atoms with Crippen molar-refractivity contribution in [1.29, 1.82) is 0 Å². The SMILES string of the molecule is CC(C)CC1COCCN1N. The number of nitrogens with two attached hydrogens (primary N) is 1. The third-order valence-corrected chi connectivity index (χ3v) is 2.02. The molecule has 1 atom stereocenters. The average Bonchev–Trinajstić information content (AvgIpc) is 1.93. The van der Waals surface area contributed by atoms with Crippen molar-refractivity contribution in [3.63, 3.8) is 0 Å². The summed E-state index contributed by atoms with van der Waals surface area (Å²) in [5, 5.41) is 1.91. The zero-order valence-corrected chi connectivity index (χ0v) is 7.42. The maximum atomic E-state index is 5.78. The molecule has 1 aliphatic rings. The highest BCUT2D eigenvalue weighted by atomic mass is 16.5. The molecule has 0 amide bonds. The first-order chi connectivity index (χ1) is 5.20. The molecule has 0 radical (unpaired) electrons. The number of rotatable bonds is 2. The van der Waals surface area contributed by atoms with Crippen LogP contribution in [0.1, 0.15) is 20.3 Å². The van der Waals surface area contributed by atoms with E-state index >= 15 is 0 Å².